The molecule has 3 rings (SSSR count). The fourth-order valence-corrected chi connectivity index (χ4v) is 5.08. The van der Waals surface area contributed by atoms with E-state index in [9.17, 15) is 13.2 Å². The summed E-state index contributed by atoms with van der Waals surface area (Å²) in [5.74, 6) is -0.308. The summed E-state index contributed by atoms with van der Waals surface area (Å²) < 4.78 is 41.5. The Kier molecular flexibility index (Phi) is 4.89. The van der Waals surface area contributed by atoms with Gasteiger partial charge >= 0.3 is 0 Å². The monoisotopic (exact) mass is 389 g/mol. The molecule has 0 bridgehead atoms. The van der Waals surface area contributed by atoms with E-state index in [1.165, 1.54) is 24.0 Å². The molecule has 0 unspecified atom stereocenters. The zero-order valence-corrected chi connectivity index (χ0v) is 16.8. The van der Waals surface area contributed by atoms with Crippen LogP contribution in [0.25, 0.3) is 0 Å². The number of rotatable bonds is 2. The summed E-state index contributed by atoms with van der Waals surface area (Å²) in [4.78, 5) is 13.5. The SMILES string of the molecule is CC(=O)N1C[C@@H](S(=O)(=O)c2ccc(C(C)(C)C)cc2)[C@H](F)c2ccccc21. The molecule has 0 fully saturated rings. The van der Waals surface area contributed by atoms with Crippen LogP contribution in [0.3, 0.4) is 0 Å². The topological polar surface area (TPSA) is 54.5 Å². The van der Waals surface area contributed by atoms with Crippen LogP contribution in [-0.4, -0.2) is 26.1 Å². The first-order valence-electron chi connectivity index (χ1n) is 8.89. The Labute approximate surface area is 159 Å². The van der Waals surface area contributed by atoms with Gasteiger partial charge in [0, 0.05) is 24.7 Å². The molecule has 0 N–H and O–H groups in total. The predicted molar refractivity (Wildman–Crippen MR) is 104 cm³/mol. The molecule has 2 aromatic rings. The fraction of sp³-hybridized carbons (Fsp3) is 0.381. The highest BCUT2D eigenvalue weighted by molar-refractivity contribution is 7.92. The van der Waals surface area contributed by atoms with Crippen LogP contribution in [0.2, 0.25) is 0 Å². The molecule has 4 nitrogen and oxygen atoms in total. The van der Waals surface area contributed by atoms with Gasteiger partial charge in [0.25, 0.3) is 0 Å². The van der Waals surface area contributed by atoms with Gasteiger partial charge in [-0.15, -0.1) is 0 Å². The number of fused-ring (bicyclic) bond motifs is 1. The van der Waals surface area contributed by atoms with Crippen LogP contribution in [0, 0.1) is 0 Å². The van der Waals surface area contributed by atoms with E-state index in [1.54, 1.807) is 36.4 Å². The van der Waals surface area contributed by atoms with Crippen LogP contribution in [0.1, 0.15) is 45.0 Å². The van der Waals surface area contributed by atoms with Crippen molar-refractivity contribution < 1.29 is 17.6 Å². The van der Waals surface area contributed by atoms with Gasteiger partial charge in [0.15, 0.2) is 9.84 Å². The maximum atomic E-state index is 15.2. The first-order valence-corrected chi connectivity index (χ1v) is 10.4. The van der Waals surface area contributed by atoms with Gasteiger partial charge in [-0.2, -0.15) is 0 Å². The van der Waals surface area contributed by atoms with Gasteiger partial charge in [-0.1, -0.05) is 51.1 Å². The smallest absolute Gasteiger partial charge is 0.223 e. The maximum Gasteiger partial charge on any atom is 0.223 e. The number of para-hydroxylation sites is 1. The molecule has 0 saturated carbocycles. The van der Waals surface area contributed by atoms with E-state index in [0.29, 0.717) is 5.69 Å². The Morgan fingerprint density at radius 3 is 2.22 bits per heavy atom. The number of carbonyl (C=O) groups excluding carboxylic acids is 1. The molecule has 2 atom stereocenters. The average molecular weight is 389 g/mol. The molecule has 1 heterocycles. The van der Waals surface area contributed by atoms with Gasteiger partial charge in [-0.3, -0.25) is 4.79 Å². The summed E-state index contributed by atoms with van der Waals surface area (Å²) in [7, 11) is -3.95. The standard InChI is InChI=1S/C21H24FNO3S/c1-14(24)23-13-19(20(22)17-7-5-6-8-18(17)23)27(25,26)16-11-9-15(10-12-16)21(2,3)4/h5-12,19-20H,13H2,1-4H3/t19-,20-/m1/s1. The van der Waals surface area contributed by atoms with Gasteiger partial charge in [-0.05, 0) is 29.2 Å². The van der Waals surface area contributed by atoms with Crippen molar-refractivity contribution >= 4 is 21.4 Å². The highest BCUT2D eigenvalue weighted by atomic mass is 32.2. The molecular weight excluding hydrogens is 365 g/mol. The molecule has 1 amide bonds. The second-order valence-corrected chi connectivity index (χ2v) is 10.1. The molecule has 0 aromatic heterocycles. The third-order valence-electron chi connectivity index (χ3n) is 5.04. The third-order valence-corrected chi connectivity index (χ3v) is 7.16. The predicted octanol–water partition coefficient (Wildman–Crippen LogP) is 4.20. The zero-order valence-electron chi connectivity index (χ0n) is 15.9. The van der Waals surface area contributed by atoms with Crippen LogP contribution in [0.15, 0.2) is 53.4 Å². The van der Waals surface area contributed by atoms with E-state index < -0.39 is 21.3 Å². The number of benzene rings is 2. The molecule has 144 valence electrons. The summed E-state index contributed by atoms with van der Waals surface area (Å²) in [6.07, 6.45) is -1.69. The second kappa shape index (κ2) is 6.75. The molecule has 1 aliphatic heterocycles. The Bertz CT molecular complexity index is 962. The molecule has 0 aliphatic carbocycles. The fourth-order valence-electron chi connectivity index (χ4n) is 3.41. The number of carbonyl (C=O) groups is 1. The summed E-state index contributed by atoms with van der Waals surface area (Å²) >= 11 is 0. The Morgan fingerprint density at radius 1 is 1.07 bits per heavy atom. The van der Waals surface area contributed by atoms with Gasteiger partial charge in [0.2, 0.25) is 5.91 Å². The summed E-state index contributed by atoms with van der Waals surface area (Å²) in [5.41, 5.74) is 1.56. The lowest BCUT2D eigenvalue weighted by molar-refractivity contribution is -0.116. The van der Waals surface area contributed by atoms with E-state index >= 15 is 4.39 Å². The summed E-state index contributed by atoms with van der Waals surface area (Å²) in [6, 6.07) is 13.1. The number of hydrogen-bond acceptors (Lipinski definition) is 3. The molecule has 2 aromatic carbocycles. The Hall–Kier alpha value is -2.21. The number of nitrogens with zero attached hydrogens (tertiary/aromatic N) is 1. The van der Waals surface area contributed by atoms with Crippen molar-refractivity contribution in [2.45, 2.75) is 49.4 Å². The molecule has 1 aliphatic rings. The highest BCUT2D eigenvalue weighted by Crippen LogP contribution is 2.41. The number of amides is 1. The van der Waals surface area contributed by atoms with E-state index in [1.807, 2.05) is 20.8 Å². The number of alkyl halides is 1. The van der Waals surface area contributed by atoms with Crippen molar-refractivity contribution in [2.75, 3.05) is 11.4 Å². The molecule has 0 radical (unpaired) electrons. The second-order valence-electron chi connectivity index (χ2n) is 7.95. The first kappa shape index (κ1) is 19.5. The quantitative estimate of drug-likeness (QED) is 0.773. The van der Waals surface area contributed by atoms with Crippen molar-refractivity contribution in [3.8, 4) is 0 Å². The minimum absolute atomic E-state index is 0.0750. The van der Waals surface area contributed by atoms with Crippen molar-refractivity contribution in [3.05, 3.63) is 59.7 Å². The summed E-state index contributed by atoms with van der Waals surface area (Å²) in [6.45, 7) is 7.28. The summed E-state index contributed by atoms with van der Waals surface area (Å²) in [5, 5.41) is -1.34. The molecule has 0 spiro atoms. The number of halogens is 1. The van der Waals surface area contributed by atoms with Gasteiger partial charge in [0.05, 0.1) is 4.90 Å². The van der Waals surface area contributed by atoms with E-state index in [0.717, 1.165) is 5.56 Å². The Morgan fingerprint density at radius 2 is 1.67 bits per heavy atom. The van der Waals surface area contributed by atoms with Crippen LogP contribution in [0.5, 0.6) is 0 Å². The molecule has 6 heteroatoms. The highest BCUT2D eigenvalue weighted by Gasteiger charge is 2.43. The van der Waals surface area contributed by atoms with Crippen molar-refractivity contribution in [3.63, 3.8) is 0 Å². The lowest BCUT2D eigenvalue weighted by Crippen LogP contribution is -2.46. The normalized spacial score (nSPS) is 20.3. The van der Waals surface area contributed by atoms with Crippen molar-refractivity contribution in [1.82, 2.24) is 0 Å². The first-order chi connectivity index (χ1) is 12.5. The minimum atomic E-state index is -3.95. The van der Waals surface area contributed by atoms with Crippen LogP contribution in [0.4, 0.5) is 10.1 Å². The number of sulfone groups is 1. The average Bonchev–Trinajstić information content (AvgIpc) is 2.61. The molecular formula is C21H24FNO3S. The lowest BCUT2D eigenvalue weighted by Gasteiger charge is -2.36. The minimum Gasteiger partial charge on any atom is -0.311 e. The zero-order chi connectivity index (χ0) is 20.0. The maximum absolute atomic E-state index is 15.2. The van der Waals surface area contributed by atoms with Crippen LogP contribution >= 0.6 is 0 Å². The van der Waals surface area contributed by atoms with E-state index in [-0.39, 0.29) is 28.3 Å². The van der Waals surface area contributed by atoms with E-state index in [4.69, 9.17) is 0 Å². The lowest BCUT2D eigenvalue weighted by atomic mass is 9.87. The third kappa shape index (κ3) is 3.50. The van der Waals surface area contributed by atoms with Gasteiger partial charge in [-0.25, -0.2) is 12.8 Å². The van der Waals surface area contributed by atoms with Gasteiger partial charge < -0.3 is 4.90 Å². The molecule has 27 heavy (non-hydrogen) atoms. The molecule has 0 saturated heterocycles. The largest absolute Gasteiger partial charge is 0.311 e. The van der Waals surface area contributed by atoms with Crippen LogP contribution in [-0.2, 0) is 20.0 Å². The van der Waals surface area contributed by atoms with E-state index in [2.05, 4.69) is 0 Å². The van der Waals surface area contributed by atoms with Crippen molar-refractivity contribution in [2.24, 2.45) is 0 Å². The Balaban J connectivity index is 2.03. The van der Waals surface area contributed by atoms with Crippen molar-refractivity contribution in [1.29, 1.82) is 0 Å². The van der Waals surface area contributed by atoms with Gasteiger partial charge in [0.1, 0.15) is 11.4 Å². The number of anilines is 1. The number of hydrogen-bond donors (Lipinski definition) is 0. The van der Waals surface area contributed by atoms with Crippen LogP contribution < -0.4 is 4.90 Å².